The van der Waals surface area contributed by atoms with Gasteiger partial charge in [0, 0.05) is 24.5 Å². The van der Waals surface area contributed by atoms with Gasteiger partial charge < -0.3 is 5.73 Å². The molecule has 0 fully saturated rings. The summed E-state index contributed by atoms with van der Waals surface area (Å²) in [5.74, 6) is 0. The Labute approximate surface area is 92.9 Å². The lowest BCUT2D eigenvalue weighted by molar-refractivity contribution is 0.421. The molecule has 0 unspecified atom stereocenters. The van der Waals surface area contributed by atoms with Gasteiger partial charge in [0.1, 0.15) is 6.67 Å². The van der Waals surface area contributed by atoms with Gasteiger partial charge in [-0.3, -0.25) is 9.67 Å². The number of alkyl halides is 1. The summed E-state index contributed by atoms with van der Waals surface area (Å²) in [7, 11) is 0. The van der Waals surface area contributed by atoms with Gasteiger partial charge in [0.2, 0.25) is 0 Å². The van der Waals surface area contributed by atoms with Crippen molar-refractivity contribution in [3.63, 3.8) is 0 Å². The van der Waals surface area contributed by atoms with E-state index in [1.165, 1.54) is 0 Å². The SMILES string of the molecule is NCc1cc(-c2ccncc2)nn1CCF. The van der Waals surface area contributed by atoms with Gasteiger partial charge in [-0.15, -0.1) is 0 Å². The van der Waals surface area contributed by atoms with Crippen LogP contribution in [0.2, 0.25) is 0 Å². The summed E-state index contributed by atoms with van der Waals surface area (Å²) in [6.45, 7) is 0.167. The van der Waals surface area contributed by atoms with Crippen LogP contribution in [0.3, 0.4) is 0 Å². The summed E-state index contributed by atoms with van der Waals surface area (Å²) >= 11 is 0. The van der Waals surface area contributed by atoms with Gasteiger partial charge in [-0.2, -0.15) is 5.10 Å². The van der Waals surface area contributed by atoms with E-state index in [4.69, 9.17) is 5.73 Å². The van der Waals surface area contributed by atoms with Gasteiger partial charge >= 0.3 is 0 Å². The molecule has 2 aromatic heterocycles. The number of halogens is 1. The number of hydrogen-bond acceptors (Lipinski definition) is 3. The Hall–Kier alpha value is -1.75. The molecule has 0 atom stereocenters. The minimum Gasteiger partial charge on any atom is -0.325 e. The van der Waals surface area contributed by atoms with E-state index >= 15 is 0 Å². The molecule has 2 rings (SSSR count). The smallest absolute Gasteiger partial charge is 0.109 e. The van der Waals surface area contributed by atoms with Gasteiger partial charge in [-0.25, -0.2) is 4.39 Å². The van der Waals surface area contributed by atoms with E-state index in [1.54, 1.807) is 17.1 Å². The molecule has 0 aliphatic heterocycles. The Bertz CT molecular complexity index is 452. The van der Waals surface area contributed by atoms with Crippen LogP contribution in [-0.4, -0.2) is 21.4 Å². The Morgan fingerprint density at radius 3 is 2.69 bits per heavy atom. The zero-order chi connectivity index (χ0) is 11.4. The molecule has 2 N–H and O–H groups in total. The molecule has 0 saturated heterocycles. The molecule has 4 nitrogen and oxygen atoms in total. The summed E-state index contributed by atoms with van der Waals surface area (Å²) in [5, 5.41) is 4.31. The van der Waals surface area contributed by atoms with Crippen LogP contribution in [0.15, 0.2) is 30.6 Å². The molecule has 16 heavy (non-hydrogen) atoms. The molecule has 2 aromatic rings. The fraction of sp³-hybridized carbons (Fsp3) is 0.273. The van der Waals surface area contributed by atoms with E-state index in [-0.39, 0.29) is 6.54 Å². The van der Waals surface area contributed by atoms with Gasteiger partial charge in [0.25, 0.3) is 0 Å². The van der Waals surface area contributed by atoms with Crippen LogP contribution >= 0.6 is 0 Å². The second-order valence-corrected chi connectivity index (χ2v) is 3.37. The lowest BCUT2D eigenvalue weighted by Gasteiger charge is -2.00. The lowest BCUT2D eigenvalue weighted by atomic mass is 10.2. The van der Waals surface area contributed by atoms with Crippen molar-refractivity contribution in [1.29, 1.82) is 0 Å². The third-order valence-electron chi connectivity index (χ3n) is 2.34. The molecule has 84 valence electrons. The zero-order valence-electron chi connectivity index (χ0n) is 8.81. The van der Waals surface area contributed by atoms with E-state index in [0.29, 0.717) is 6.54 Å². The molecule has 0 amide bonds. The Balaban J connectivity index is 2.36. The number of hydrogen-bond donors (Lipinski definition) is 1. The van der Waals surface area contributed by atoms with Crippen molar-refractivity contribution < 1.29 is 4.39 Å². The Morgan fingerprint density at radius 1 is 1.31 bits per heavy atom. The summed E-state index contributed by atoms with van der Waals surface area (Å²) in [5.41, 5.74) is 8.18. The average Bonchev–Trinajstić information content (AvgIpc) is 2.74. The van der Waals surface area contributed by atoms with Crippen molar-refractivity contribution in [3.8, 4) is 11.3 Å². The summed E-state index contributed by atoms with van der Waals surface area (Å²) in [6.07, 6.45) is 3.40. The fourth-order valence-corrected chi connectivity index (χ4v) is 1.56. The van der Waals surface area contributed by atoms with Crippen molar-refractivity contribution in [2.24, 2.45) is 5.73 Å². The predicted octanol–water partition coefficient (Wildman–Crippen LogP) is 1.37. The van der Waals surface area contributed by atoms with Crippen LogP contribution in [-0.2, 0) is 13.1 Å². The first-order chi connectivity index (χ1) is 7.85. The van der Waals surface area contributed by atoms with Crippen LogP contribution in [0.1, 0.15) is 5.69 Å². The summed E-state index contributed by atoms with van der Waals surface area (Å²) in [6, 6.07) is 5.61. The van der Waals surface area contributed by atoms with Crippen LogP contribution < -0.4 is 5.73 Å². The minimum atomic E-state index is -0.440. The lowest BCUT2D eigenvalue weighted by Crippen LogP contribution is -2.09. The van der Waals surface area contributed by atoms with Crippen molar-refractivity contribution in [1.82, 2.24) is 14.8 Å². The molecule has 0 aliphatic rings. The first-order valence-corrected chi connectivity index (χ1v) is 5.08. The highest BCUT2D eigenvalue weighted by Gasteiger charge is 2.07. The maximum absolute atomic E-state index is 12.3. The molecule has 5 heteroatoms. The van der Waals surface area contributed by atoms with E-state index in [2.05, 4.69) is 10.1 Å². The second-order valence-electron chi connectivity index (χ2n) is 3.37. The molecular formula is C11H13FN4. The monoisotopic (exact) mass is 220 g/mol. The first-order valence-electron chi connectivity index (χ1n) is 5.08. The Kier molecular flexibility index (Phi) is 3.26. The van der Waals surface area contributed by atoms with Gasteiger partial charge in [0.05, 0.1) is 17.9 Å². The van der Waals surface area contributed by atoms with Crippen molar-refractivity contribution in [2.75, 3.05) is 6.67 Å². The third kappa shape index (κ3) is 2.09. The number of aromatic nitrogens is 3. The van der Waals surface area contributed by atoms with Gasteiger partial charge in [-0.05, 0) is 18.2 Å². The molecule has 0 bridgehead atoms. The normalized spacial score (nSPS) is 10.6. The molecule has 0 aliphatic carbocycles. The highest BCUT2D eigenvalue weighted by Crippen LogP contribution is 2.17. The first kappa shape index (κ1) is 10.8. The summed E-state index contributed by atoms with van der Waals surface area (Å²) < 4.78 is 13.9. The Morgan fingerprint density at radius 2 is 2.06 bits per heavy atom. The molecular weight excluding hydrogens is 207 g/mol. The van der Waals surface area contributed by atoms with Gasteiger partial charge in [-0.1, -0.05) is 0 Å². The number of nitrogens with two attached hydrogens (primary N) is 1. The highest BCUT2D eigenvalue weighted by molar-refractivity contribution is 5.58. The topological polar surface area (TPSA) is 56.7 Å². The number of nitrogens with zero attached hydrogens (tertiary/aromatic N) is 3. The van der Waals surface area contributed by atoms with Crippen molar-refractivity contribution >= 4 is 0 Å². The van der Waals surface area contributed by atoms with Crippen molar-refractivity contribution in [2.45, 2.75) is 13.1 Å². The maximum atomic E-state index is 12.3. The number of aryl methyl sites for hydroxylation is 1. The van der Waals surface area contributed by atoms with Crippen LogP contribution in [0, 0.1) is 0 Å². The molecule has 0 spiro atoms. The summed E-state index contributed by atoms with van der Waals surface area (Å²) in [4.78, 5) is 3.94. The van der Waals surface area contributed by atoms with Crippen LogP contribution in [0.4, 0.5) is 4.39 Å². The van der Waals surface area contributed by atoms with Crippen molar-refractivity contribution in [3.05, 3.63) is 36.3 Å². The van der Waals surface area contributed by atoms with E-state index in [0.717, 1.165) is 17.0 Å². The molecule has 2 heterocycles. The standard InChI is InChI=1S/C11H13FN4/c12-3-6-16-10(8-13)7-11(15-16)9-1-4-14-5-2-9/h1-2,4-5,7H,3,6,8,13H2. The van der Waals surface area contributed by atoms with E-state index in [9.17, 15) is 4.39 Å². The molecule has 0 saturated carbocycles. The van der Waals surface area contributed by atoms with Gasteiger partial charge in [0.15, 0.2) is 0 Å². The largest absolute Gasteiger partial charge is 0.325 e. The number of rotatable bonds is 4. The predicted molar refractivity (Wildman–Crippen MR) is 59.3 cm³/mol. The zero-order valence-corrected chi connectivity index (χ0v) is 8.81. The quantitative estimate of drug-likeness (QED) is 0.846. The van der Waals surface area contributed by atoms with Crippen LogP contribution in [0.5, 0.6) is 0 Å². The highest BCUT2D eigenvalue weighted by atomic mass is 19.1. The van der Waals surface area contributed by atoms with E-state index < -0.39 is 6.67 Å². The molecule has 0 radical (unpaired) electrons. The average molecular weight is 220 g/mol. The third-order valence-corrected chi connectivity index (χ3v) is 2.34. The number of pyridine rings is 1. The molecule has 0 aromatic carbocycles. The minimum absolute atomic E-state index is 0.248. The second kappa shape index (κ2) is 4.85. The fourth-order valence-electron chi connectivity index (χ4n) is 1.56. The van der Waals surface area contributed by atoms with E-state index in [1.807, 2.05) is 18.2 Å². The van der Waals surface area contributed by atoms with Crippen LogP contribution in [0.25, 0.3) is 11.3 Å². The maximum Gasteiger partial charge on any atom is 0.109 e.